The van der Waals surface area contributed by atoms with E-state index >= 15 is 0 Å². The molecule has 1 aromatic rings. The van der Waals surface area contributed by atoms with Gasteiger partial charge in [-0.1, -0.05) is 34.6 Å². The van der Waals surface area contributed by atoms with Crippen LogP contribution in [0.4, 0.5) is 0 Å². The van der Waals surface area contributed by atoms with Crippen molar-refractivity contribution in [1.29, 1.82) is 0 Å². The summed E-state index contributed by atoms with van der Waals surface area (Å²) in [5.41, 5.74) is 1.29. The second kappa shape index (κ2) is 7.49. The summed E-state index contributed by atoms with van der Waals surface area (Å²) >= 11 is 3.41. The van der Waals surface area contributed by atoms with Crippen molar-refractivity contribution in [3.05, 3.63) is 47.1 Å². The number of ether oxygens (including phenoxy) is 1. The lowest BCUT2D eigenvalue weighted by molar-refractivity contribution is 0.244. The predicted octanol–water partition coefficient (Wildman–Crippen LogP) is 3.09. The Morgan fingerprint density at radius 2 is 2.07 bits per heavy atom. The summed E-state index contributed by atoms with van der Waals surface area (Å²) in [5.74, 6) is 0. The fourth-order valence-corrected chi connectivity index (χ4v) is 1.46. The van der Waals surface area contributed by atoms with Gasteiger partial charge in [-0.15, -0.1) is 0 Å². The maximum absolute atomic E-state index is 5.02. The van der Waals surface area contributed by atoms with Crippen molar-refractivity contribution < 1.29 is 4.74 Å². The molecule has 1 aromatic carbocycles. The van der Waals surface area contributed by atoms with Gasteiger partial charge in [0.2, 0.25) is 0 Å². The molecule has 0 amide bonds. The largest absolute Gasteiger partial charge is 0.502 e. The summed E-state index contributed by atoms with van der Waals surface area (Å²) in [5, 5.41) is 3.35. The summed E-state index contributed by atoms with van der Waals surface area (Å²) in [6, 6.07) is 8.32. The minimum atomic E-state index is 0.733. The average Bonchev–Trinajstić information content (AvgIpc) is 2.26. The van der Waals surface area contributed by atoms with Crippen LogP contribution in [0.15, 0.2) is 41.6 Å². The first-order valence-corrected chi connectivity index (χ1v) is 5.80. The molecule has 0 fully saturated rings. The van der Waals surface area contributed by atoms with Crippen molar-refractivity contribution >= 4 is 15.9 Å². The van der Waals surface area contributed by atoms with Gasteiger partial charge in [0.15, 0.2) is 0 Å². The predicted molar refractivity (Wildman–Crippen MR) is 66.6 cm³/mol. The van der Waals surface area contributed by atoms with E-state index in [-0.39, 0.29) is 0 Å². The van der Waals surface area contributed by atoms with E-state index in [1.807, 2.05) is 0 Å². The van der Waals surface area contributed by atoms with E-state index in [1.54, 1.807) is 0 Å². The quantitative estimate of drug-likeness (QED) is 0.607. The highest BCUT2D eigenvalue weighted by Crippen LogP contribution is 2.09. The first-order valence-electron chi connectivity index (χ1n) is 5.00. The van der Waals surface area contributed by atoms with E-state index in [1.165, 1.54) is 11.8 Å². The summed E-state index contributed by atoms with van der Waals surface area (Å²) in [6.45, 7) is 6.09. The van der Waals surface area contributed by atoms with Gasteiger partial charge in [-0.25, -0.2) is 0 Å². The third-order valence-corrected chi connectivity index (χ3v) is 2.50. The molecule has 0 heterocycles. The molecule has 0 atom stereocenters. The number of nitrogens with one attached hydrogen (secondary N) is 1. The number of rotatable bonds is 7. The molecule has 0 aliphatic carbocycles. The SMILES string of the molecule is C=COCCCNCc1ccc(Br)cc1. The second-order valence-electron chi connectivity index (χ2n) is 3.19. The monoisotopic (exact) mass is 269 g/mol. The zero-order valence-electron chi connectivity index (χ0n) is 8.71. The molecule has 0 bridgehead atoms. The van der Waals surface area contributed by atoms with Crippen LogP contribution in [0.1, 0.15) is 12.0 Å². The van der Waals surface area contributed by atoms with Gasteiger partial charge in [0.05, 0.1) is 12.9 Å². The molecule has 15 heavy (non-hydrogen) atoms. The van der Waals surface area contributed by atoms with E-state index < -0.39 is 0 Å². The summed E-state index contributed by atoms with van der Waals surface area (Å²) < 4.78 is 6.14. The molecule has 1 N–H and O–H groups in total. The lowest BCUT2D eigenvalue weighted by Crippen LogP contribution is -2.15. The Kier molecular flexibility index (Phi) is 6.12. The van der Waals surface area contributed by atoms with Crippen LogP contribution < -0.4 is 5.32 Å². The van der Waals surface area contributed by atoms with Gasteiger partial charge in [-0.2, -0.15) is 0 Å². The minimum Gasteiger partial charge on any atom is -0.502 e. The van der Waals surface area contributed by atoms with Crippen LogP contribution in [0.2, 0.25) is 0 Å². The Morgan fingerprint density at radius 1 is 1.33 bits per heavy atom. The lowest BCUT2D eigenvalue weighted by Gasteiger charge is -2.04. The van der Waals surface area contributed by atoms with Gasteiger partial charge < -0.3 is 10.1 Å². The highest BCUT2D eigenvalue weighted by molar-refractivity contribution is 9.10. The van der Waals surface area contributed by atoms with Gasteiger partial charge in [-0.05, 0) is 30.7 Å². The van der Waals surface area contributed by atoms with Crippen LogP contribution in [-0.2, 0) is 11.3 Å². The fourth-order valence-electron chi connectivity index (χ4n) is 1.20. The molecule has 0 saturated heterocycles. The normalized spacial score (nSPS) is 9.93. The number of hydrogen-bond donors (Lipinski definition) is 1. The second-order valence-corrected chi connectivity index (χ2v) is 4.11. The Balaban J connectivity index is 2.09. The van der Waals surface area contributed by atoms with E-state index in [0.717, 1.165) is 30.6 Å². The Hall–Kier alpha value is -0.800. The van der Waals surface area contributed by atoms with Crippen molar-refractivity contribution in [2.24, 2.45) is 0 Å². The van der Waals surface area contributed by atoms with Crippen molar-refractivity contribution in [2.45, 2.75) is 13.0 Å². The van der Waals surface area contributed by atoms with Gasteiger partial charge in [0.1, 0.15) is 0 Å². The molecule has 0 saturated carbocycles. The topological polar surface area (TPSA) is 21.3 Å². The van der Waals surface area contributed by atoms with Gasteiger partial charge in [0.25, 0.3) is 0 Å². The van der Waals surface area contributed by atoms with Crippen LogP contribution in [-0.4, -0.2) is 13.2 Å². The zero-order valence-corrected chi connectivity index (χ0v) is 10.3. The highest BCUT2D eigenvalue weighted by Gasteiger charge is 1.92. The van der Waals surface area contributed by atoms with Crippen molar-refractivity contribution in [3.63, 3.8) is 0 Å². The Labute approximate surface area is 99.5 Å². The molecule has 0 unspecified atom stereocenters. The van der Waals surface area contributed by atoms with Crippen LogP contribution >= 0.6 is 15.9 Å². The average molecular weight is 270 g/mol. The summed E-state index contributed by atoms with van der Waals surface area (Å²) in [7, 11) is 0. The molecular formula is C12H16BrNO. The summed E-state index contributed by atoms with van der Waals surface area (Å²) in [6.07, 6.45) is 2.48. The Morgan fingerprint density at radius 3 is 2.73 bits per heavy atom. The number of benzene rings is 1. The highest BCUT2D eigenvalue weighted by atomic mass is 79.9. The minimum absolute atomic E-state index is 0.733. The van der Waals surface area contributed by atoms with Crippen molar-refractivity contribution in [3.8, 4) is 0 Å². The first-order chi connectivity index (χ1) is 7.33. The molecule has 1 rings (SSSR count). The number of halogens is 1. The molecule has 2 nitrogen and oxygen atoms in total. The van der Waals surface area contributed by atoms with E-state index in [9.17, 15) is 0 Å². The molecule has 82 valence electrons. The maximum Gasteiger partial charge on any atom is 0.0885 e. The molecule has 0 aliphatic rings. The first kappa shape index (κ1) is 12.3. The third-order valence-electron chi connectivity index (χ3n) is 1.98. The lowest BCUT2D eigenvalue weighted by atomic mass is 10.2. The van der Waals surface area contributed by atoms with Crippen molar-refractivity contribution in [2.75, 3.05) is 13.2 Å². The smallest absolute Gasteiger partial charge is 0.0885 e. The van der Waals surface area contributed by atoms with E-state index in [4.69, 9.17) is 4.74 Å². The molecule has 3 heteroatoms. The zero-order chi connectivity index (χ0) is 10.9. The van der Waals surface area contributed by atoms with Gasteiger partial charge >= 0.3 is 0 Å². The molecule has 0 aromatic heterocycles. The molecule has 0 spiro atoms. The maximum atomic E-state index is 5.02. The Bertz CT molecular complexity index is 284. The van der Waals surface area contributed by atoms with Gasteiger partial charge in [-0.3, -0.25) is 0 Å². The number of hydrogen-bond acceptors (Lipinski definition) is 2. The van der Waals surface area contributed by atoms with Crippen LogP contribution in [0.5, 0.6) is 0 Å². The van der Waals surface area contributed by atoms with E-state index in [2.05, 4.69) is 52.1 Å². The van der Waals surface area contributed by atoms with Crippen LogP contribution in [0, 0.1) is 0 Å². The van der Waals surface area contributed by atoms with Crippen LogP contribution in [0.25, 0.3) is 0 Å². The van der Waals surface area contributed by atoms with E-state index in [0.29, 0.717) is 0 Å². The van der Waals surface area contributed by atoms with Gasteiger partial charge in [0, 0.05) is 11.0 Å². The van der Waals surface area contributed by atoms with Crippen molar-refractivity contribution in [1.82, 2.24) is 5.32 Å². The molecule has 0 aliphatic heterocycles. The standard InChI is InChI=1S/C12H16BrNO/c1-2-15-9-3-8-14-10-11-4-6-12(13)7-5-11/h2,4-7,14H,1,3,8-10H2. The summed E-state index contributed by atoms with van der Waals surface area (Å²) in [4.78, 5) is 0. The third kappa shape index (κ3) is 5.60. The molecule has 0 radical (unpaired) electrons. The van der Waals surface area contributed by atoms with Crippen LogP contribution in [0.3, 0.4) is 0 Å². The fraction of sp³-hybridized carbons (Fsp3) is 0.333. The molecular weight excluding hydrogens is 254 g/mol.